The van der Waals surface area contributed by atoms with Gasteiger partial charge in [0.2, 0.25) is 0 Å². The Morgan fingerprint density at radius 1 is 1.18 bits per heavy atom. The molecule has 0 aromatic carbocycles. The van der Waals surface area contributed by atoms with Crippen molar-refractivity contribution in [3.63, 3.8) is 0 Å². The van der Waals surface area contributed by atoms with Gasteiger partial charge in [0, 0.05) is 47.8 Å². The first-order valence-electron chi connectivity index (χ1n) is 13.8. The van der Waals surface area contributed by atoms with Crippen molar-refractivity contribution < 1.29 is 47.6 Å². The van der Waals surface area contributed by atoms with E-state index in [1.807, 2.05) is 20.8 Å². The van der Waals surface area contributed by atoms with Crippen molar-refractivity contribution in [2.75, 3.05) is 14.2 Å². The fraction of sp³-hybridized carbons (Fsp3) is 0.667. The molecule has 4 fully saturated rings. The van der Waals surface area contributed by atoms with Crippen LogP contribution in [0.1, 0.15) is 71.5 Å². The fourth-order valence-corrected chi connectivity index (χ4v) is 9.86. The first kappa shape index (κ1) is 27.2. The van der Waals surface area contributed by atoms with Crippen LogP contribution in [0.4, 0.5) is 0 Å². The molecule has 0 spiro atoms. The number of esters is 3. The minimum atomic E-state index is -1.92. The Bertz CT molecular complexity index is 1350. The third kappa shape index (κ3) is 2.86. The highest BCUT2D eigenvalue weighted by Gasteiger charge is 2.90. The summed E-state index contributed by atoms with van der Waals surface area (Å²) in [6.45, 7) is 7.01. The number of carbonyl (C=O) groups is 4. The number of fused-ring (bicyclic) bond motifs is 4. The third-order valence-corrected chi connectivity index (χ3v) is 11.5. The van der Waals surface area contributed by atoms with Gasteiger partial charge in [-0.3, -0.25) is 19.2 Å². The summed E-state index contributed by atoms with van der Waals surface area (Å²) in [7, 11) is 2.66. The number of ketones is 1. The molecule has 1 aliphatic heterocycles. The summed E-state index contributed by atoms with van der Waals surface area (Å²) in [6, 6.07) is 1.75. The number of hydrogen-bond acceptors (Lipinski definition) is 10. The third-order valence-electron chi connectivity index (χ3n) is 11.5. The molecular formula is C30H36O10. The maximum atomic E-state index is 14.9. The molecule has 1 aromatic heterocycles. The summed E-state index contributed by atoms with van der Waals surface area (Å²) >= 11 is 0. The van der Waals surface area contributed by atoms with Crippen LogP contribution in [0.2, 0.25) is 0 Å². The fourth-order valence-electron chi connectivity index (χ4n) is 9.86. The Labute approximate surface area is 232 Å². The van der Waals surface area contributed by atoms with Gasteiger partial charge >= 0.3 is 17.9 Å². The molecule has 0 unspecified atom stereocenters. The molecule has 0 amide bonds. The largest absolute Gasteiger partial charge is 0.472 e. The zero-order valence-corrected chi connectivity index (χ0v) is 23.7. The summed E-state index contributed by atoms with van der Waals surface area (Å²) in [5.74, 6) is -3.00. The number of Topliss-reactive ketones (excluding diaryl/α,β-unsaturated/α-hetero) is 1. The van der Waals surface area contributed by atoms with Gasteiger partial charge in [-0.25, -0.2) is 0 Å². The van der Waals surface area contributed by atoms with E-state index < -0.39 is 75.2 Å². The van der Waals surface area contributed by atoms with Crippen molar-refractivity contribution >= 4 is 23.7 Å². The van der Waals surface area contributed by atoms with Crippen molar-refractivity contribution in [2.24, 2.45) is 28.1 Å². The van der Waals surface area contributed by atoms with Gasteiger partial charge in [-0.1, -0.05) is 20.8 Å². The molecule has 4 aliphatic carbocycles. The highest BCUT2D eigenvalue weighted by Crippen LogP contribution is 2.80. The van der Waals surface area contributed by atoms with Crippen molar-refractivity contribution in [3.05, 3.63) is 35.3 Å². The smallest absolute Gasteiger partial charge is 0.310 e. The highest BCUT2D eigenvalue weighted by molar-refractivity contribution is 6.08. The Morgan fingerprint density at radius 3 is 2.50 bits per heavy atom. The average molecular weight is 557 g/mol. The lowest BCUT2D eigenvalue weighted by Crippen LogP contribution is -2.79. The number of aliphatic hydroxyl groups is 1. The summed E-state index contributed by atoms with van der Waals surface area (Å²) in [6.07, 6.45) is 2.30. The van der Waals surface area contributed by atoms with Crippen molar-refractivity contribution in [3.8, 4) is 0 Å². The van der Waals surface area contributed by atoms with Crippen LogP contribution in [0.5, 0.6) is 0 Å². The van der Waals surface area contributed by atoms with E-state index in [1.54, 1.807) is 12.3 Å². The van der Waals surface area contributed by atoms with Gasteiger partial charge in [0.15, 0.2) is 11.4 Å². The Hall–Kier alpha value is -2.98. The Morgan fingerprint density at radius 2 is 1.90 bits per heavy atom. The van der Waals surface area contributed by atoms with E-state index in [-0.39, 0.29) is 19.3 Å². The zero-order chi connectivity index (χ0) is 29.0. The molecule has 1 aromatic rings. The van der Waals surface area contributed by atoms with Crippen LogP contribution in [0.3, 0.4) is 0 Å². The summed E-state index contributed by atoms with van der Waals surface area (Å²) in [4.78, 5) is 53.2. The number of hydrogen-bond donors (Lipinski definition) is 1. The number of ether oxygens (including phenoxy) is 4. The summed E-state index contributed by atoms with van der Waals surface area (Å²) in [5.41, 5.74) is -4.62. The molecule has 216 valence electrons. The number of cyclic esters (lactones) is 1. The molecular weight excluding hydrogens is 520 g/mol. The van der Waals surface area contributed by atoms with E-state index >= 15 is 0 Å². The second-order valence-electron chi connectivity index (χ2n) is 12.9. The van der Waals surface area contributed by atoms with Crippen LogP contribution in [-0.4, -0.2) is 60.3 Å². The molecule has 1 N–H and O–H groups in total. The Kier molecular flexibility index (Phi) is 5.63. The Balaban J connectivity index is 1.63. The van der Waals surface area contributed by atoms with E-state index in [9.17, 15) is 24.3 Å². The van der Waals surface area contributed by atoms with Crippen LogP contribution in [0, 0.1) is 28.1 Å². The van der Waals surface area contributed by atoms with Gasteiger partial charge in [-0.2, -0.15) is 0 Å². The van der Waals surface area contributed by atoms with E-state index in [1.165, 1.54) is 27.4 Å². The molecule has 6 rings (SSSR count). The minimum absolute atomic E-state index is 0.0341. The maximum absolute atomic E-state index is 14.9. The number of furan rings is 1. The van der Waals surface area contributed by atoms with E-state index in [0.717, 1.165) is 0 Å². The van der Waals surface area contributed by atoms with Crippen LogP contribution in [-0.2, 0) is 38.1 Å². The van der Waals surface area contributed by atoms with E-state index in [0.29, 0.717) is 29.6 Å². The first-order chi connectivity index (χ1) is 18.8. The van der Waals surface area contributed by atoms with Crippen molar-refractivity contribution in [1.29, 1.82) is 0 Å². The lowest BCUT2D eigenvalue weighted by Gasteiger charge is -2.66. The second kappa shape index (κ2) is 8.28. The molecule has 40 heavy (non-hydrogen) atoms. The molecule has 1 saturated heterocycles. The summed E-state index contributed by atoms with van der Waals surface area (Å²) < 4.78 is 28.2. The van der Waals surface area contributed by atoms with Crippen molar-refractivity contribution in [2.45, 2.75) is 83.2 Å². The van der Waals surface area contributed by atoms with Crippen LogP contribution in [0.15, 0.2) is 34.2 Å². The minimum Gasteiger partial charge on any atom is -0.472 e. The lowest BCUT2D eigenvalue weighted by molar-refractivity contribution is -0.279. The van der Waals surface area contributed by atoms with Gasteiger partial charge in [-0.15, -0.1) is 0 Å². The standard InChI is InChI=1S/C30H36O10/c1-15(31)39-25-27(3)14-29(35)28(4,19(27)12-20(32)36-5)17-7-9-26(2)18(22(17)23(34)30(25,29)37-6)11-21(33)40-24(26)16-8-10-38-13-16/h8,10,13,17,19,24-25,35H,7,9,11-12,14H2,1-6H3/t17-,19-,24+,25+,26-,27-,28+,29+,30-/m0/s1. The number of methoxy groups -OCH3 is 2. The molecule has 10 nitrogen and oxygen atoms in total. The topological polar surface area (TPSA) is 139 Å². The average Bonchev–Trinajstić information content (AvgIpc) is 3.54. The maximum Gasteiger partial charge on any atom is 0.310 e. The number of carbonyl (C=O) groups excluding carboxylic acids is 4. The van der Waals surface area contributed by atoms with Crippen LogP contribution >= 0.6 is 0 Å². The molecule has 9 atom stereocenters. The number of rotatable bonds is 5. The molecule has 5 aliphatic rings. The lowest BCUT2D eigenvalue weighted by atomic mass is 9.41. The van der Waals surface area contributed by atoms with Gasteiger partial charge in [0.05, 0.1) is 26.1 Å². The highest BCUT2D eigenvalue weighted by atomic mass is 16.6. The van der Waals surface area contributed by atoms with Gasteiger partial charge in [0.25, 0.3) is 0 Å². The predicted molar refractivity (Wildman–Crippen MR) is 136 cm³/mol. The van der Waals surface area contributed by atoms with Gasteiger partial charge < -0.3 is 28.5 Å². The second-order valence-corrected chi connectivity index (χ2v) is 12.9. The molecule has 3 saturated carbocycles. The molecule has 2 heterocycles. The van der Waals surface area contributed by atoms with Crippen molar-refractivity contribution in [1.82, 2.24) is 0 Å². The van der Waals surface area contributed by atoms with Gasteiger partial charge in [0.1, 0.15) is 17.8 Å². The molecule has 0 radical (unpaired) electrons. The van der Waals surface area contributed by atoms with E-state index in [4.69, 9.17) is 23.4 Å². The molecule has 10 heteroatoms. The first-order valence-corrected chi connectivity index (χ1v) is 13.8. The van der Waals surface area contributed by atoms with Gasteiger partial charge in [-0.05, 0) is 42.7 Å². The predicted octanol–water partition coefficient (Wildman–Crippen LogP) is 3.22. The van der Waals surface area contributed by atoms with E-state index in [2.05, 4.69) is 0 Å². The molecule has 2 bridgehead atoms. The monoisotopic (exact) mass is 556 g/mol. The zero-order valence-electron chi connectivity index (χ0n) is 23.7. The quantitative estimate of drug-likeness (QED) is 0.425. The SMILES string of the molecule is COC(=O)C[C@H]1[C@]2(C)C[C@@]3(O)[C@]1(C)[C@H]1CC[C@@]4(C)C(=C1C(=O)[C@]3(OC)[C@@H]2OC(C)=O)CC(=O)O[C@@H]4c1ccoc1. The van der Waals surface area contributed by atoms with Crippen LogP contribution < -0.4 is 0 Å². The summed E-state index contributed by atoms with van der Waals surface area (Å²) in [5, 5.41) is 12.7. The normalized spacial score (nSPS) is 45.1. The van der Waals surface area contributed by atoms with Crippen LogP contribution in [0.25, 0.3) is 0 Å².